The van der Waals surface area contributed by atoms with Crippen molar-refractivity contribution in [3.63, 3.8) is 0 Å². The topological polar surface area (TPSA) is 61.8 Å². The van der Waals surface area contributed by atoms with Crippen LogP contribution in [0.2, 0.25) is 0 Å². The maximum absolute atomic E-state index is 11.1. The quantitative estimate of drug-likeness (QED) is 0.423. The molecule has 0 aliphatic carbocycles. The summed E-state index contributed by atoms with van der Waals surface area (Å²) in [6.07, 6.45) is 0. The van der Waals surface area contributed by atoms with E-state index in [0.29, 0.717) is 12.5 Å². The van der Waals surface area contributed by atoms with Crippen molar-refractivity contribution in [3.05, 3.63) is 4.91 Å². The molecule has 0 spiro atoms. The van der Waals surface area contributed by atoms with Gasteiger partial charge in [0, 0.05) is 12.4 Å². The van der Waals surface area contributed by atoms with Crippen LogP contribution >= 0.6 is 11.6 Å². The van der Waals surface area contributed by atoms with E-state index >= 15 is 0 Å². The third-order valence-electron chi connectivity index (χ3n) is 1.29. The van der Waals surface area contributed by atoms with Crippen LogP contribution in [-0.4, -0.2) is 30.0 Å². The molecule has 0 atom stereocenters. The van der Waals surface area contributed by atoms with Crippen molar-refractivity contribution in [1.82, 2.24) is 10.3 Å². The number of hydrogen-bond donors (Lipinski definition) is 1. The molecule has 0 rings (SSSR count). The number of halogens is 1. The van der Waals surface area contributed by atoms with Crippen molar-refractivity contribution >= 4 is 17.6 Å². The third kappa shape index (κ3) is 5.41. The maximum atomic E-state index is 11.1. The van der Waals surface area contributed by atoms with Gasteiger partial charge in [-0.2, -0.15) is 5.01 Å². The fourth-order valence-corrected chi connectivity index (χ4v) is 0.802. The number of rotatable bonds is 5. The van der Waals surface area contributed by atoms with E-state index in [1.54, 1.807) is 0 Å². The van der Waals surface area contributed by atoms with E-state index in [-0.39, 0.29) is 12.4 Å². The molecule has 0 heterocycles. The molecule has 5 nitrogen and oxygen atoms in total. The van der Waals surface area contributed by atoms with Crippen LogP contribution in [0.3, 0.4) is 0 Å². The largest absolute Gasteiger partial charge is 0.340 e. The number of nitrogens with zero attached hydrogens (tertiary/aromatic N) is 2. The summed E-state index contributed by atoms with van der Waals surface area (Å²) >= 11 is 5.36. The Balaban J connectivity index is 3.84. The van der Waals surface area contributed by atoms with Gasteiger partial charge in [0.1, 0.15) is 0 Å². The van der Waals surface area contributed by atoms with Crippen molar-refractivity contribution in [1.29, 1.82) is 0 Å². The minimum atomic E-state index is -0.496. The minimum absolute atomic E-state index is 0.134. The fourth-order valence-electron chi connectivity index (χ4n) is 0.642. The number of carbonyl (C=O) groups is 1. The highest BCUT2D eigenvalue weighted by atomic mass is 35.5. The average molecular weight is 208 g/mol. The molecular weight excluding hydrogens is 194 g/mol. The molecule has 0 bridgehead atoms. The summed E-state index contributed by atoms with van der Waals surface area (Å²) in [5.74, 6) is 0.536. The van der Waals surface area contributed by atoms with Crippen LogP contribution in [0.25, 0.3) is 0 Å². The number of amides is 2. The summed E-state index contributed by atoms with van der Waals surface area (Å²) < 4.78 is 0. The molecule has 2 amide bonds. The Morgan fingerprint density at radius 3 is 2.62 bits per heavy atom. The Morgan fingerprint density at radius 1 is 1.62 bits per heavy atom. The Hall–Kier alpha value is -0.840. The monoisotopic (exact) mass is 207 g/mol. The lowest BCUT2D eigenvalue weighted by atomic mass is 10.2. The van der Waals surface area contributed by atoms with Gasteiger partial charge in [0.15, 0.2) is 0 Å². The number of nitroso groups, excluding NO2 is 1. The SMILES string of the molecule is CC(C)CNC(=O)N(CCCl)N=O. The van der Waals surface area contributed by atoms with E-state index in [2.05, 4.69) is 10.6 Å². The maximum Gasteiger partial charge on any atom is 0.340 e. The van der Waals surface area contributed by atoms with Gasteiger partial charge < -0.3 is 5.32 Å². The zero-order chi connectivity index (χ0) is 10.3. The number of carbonyl (C=O) groups excluding carboxylic acids is 1. The Labute approximate surface area is 82.4 Å². The van der Waals surface area contributed by atoms with Gasteiger partial charge in [-0.05, 0) is 5.92 Å². The van der Waals surface area contributed by atoms with Gasteiger partial charge in [-0.3, -0.25) is 0 Å². The standard InChI is InChI=1S/C7H14ClN3O2/c1-6(2)5-9-7(12)11(10-13)4-3-8/h6H,3-5H2,1-2H3,(H,9,12). The molecule has 0 aromatic heterocycles. The first-order chi connectivity index (χ1) is 6.11. The van der Waals surface area contributed by atoms with Crippen LogP contribution in [0.5, 0.6) is 0 Å². The first-order valence-electron chi connectivity index (χ1n) is 4.06. The molecular formula is C7H14ClN3O2. The predicted octanol–water partition coefficient (Wildman–Crippen LogP) is 1.57. The molecule has 0 aromatic carbocycles. The van der Waals surface area contributed by atoms with Crippen molar-refractivity contribution in [2.45, 2.75) is 13.8 Å². The van der Waals surface area contributed by atoms with Gasteiger partial charge in [-0.25, -0.2) is 4.79 Å². The first kappa shape index (κ1) is 12.2. The molecule has 13 heavy (non-hydrogen) atoms. The highest BCUT2D eigenvalue weighted by molar-refractivity contribution is 6.18. The predicted molar refractivity (Wildman–Crippen MR) is 51.5 cm³/mol. The van der Waals surface area contributed by atoms with Crippen molar-refractivity contribution in [2.75, 3.05) is 19.0 Å². The van der Waals surface area contributed by atoms with E-state index in [9.17, 15) is 9.70 Å². The van der Waals surface area contributed by atoms with Gasteiger partial charge in [0.05, 0.1) is 11.8 Å². The van der Waals surface area contributed by atoms with E-state index in [0.717, 1.165) is 5.01 Å². The summed E-state index contributed by atoms with van der Waals surface area (Å²) in [6, 6.07) is -0.496. The van der Waals surface area contributed by atoms with Crippen molar-refractivity contribution in [3.8, 4) is 0 Å². The summed E-state index contributed by atoms with van der Waals surface area (Å²) in [5.41, 5.74) is 0. The van der Waals surface area contributed by atoms with Crippen molar-refractivity contribution in [2.24, 2.45) is 11.2 Å². The second-order valence-corrected chi connectivity index (χ2v) is 3.35. The van der Waals surface area contributed by atoms with Gasteiger partial charge in [0.2, 0.25) is 0 Å². The molecule has 0 unspecified atom stereocenters. The average Bonchev–Trinajstić information content (AvgIpc) is 2.10. The Kier molecular flexibility index (Phi) is 6.22. The second-order valence-electron chi connectivity index (χ2n) is 2.97. The van der Waals surface area contributed by atoms with Crippen LogP contribution in [0.4, 0.5) is 4.79 Å². The molecule has 0 saturated carbocycles. The first-order valence-corrected chi connectivity index (χ1v) is 4.59. The fraction of sp³-hybridized carbons (Fsp3) is 0.857. The summed E-state index contributed by atoms with van der Waals surface area (Å²) in [5, 5.41) is 5.87. The van der Waals surface area contributed by atoms with Crippen LogP contribution in [0.1, 0.15) is 13.8 Å². The zero-order valence-corrected chi connectivity index (χ0v) is 8.54. The van der Waals surface area contributed by atoms with E-state index in [1.165, 1.54) is 0 Å². The summed E-state index contributed by atoms with van der Waals surface area (Å²) in [6.45, 7) is 4.57. The molecule has 1 N–H and O–H groups in total. The Bertz CT molecular complexity index is 175. The number of urea groups is 1. The zero-order valence-electron chi connectivity index (χ0n) is 7.79. The Morgan fingerprint density at radius 2 is 2.23 bits per heavy atom. The molecule has 0 aliphatic rings. The molecule has 0 radical (unpaired) electrons. The van der Waals surface area contributed by atoms with E-state index in [4.69, 9.17) is 11.6 Å². The second kappa shape index (κ2) is 6.65. The molecule has 0 fully saturated rings. The van der Waals surface area contributed by atoms with Crippen LogP contribution in [-0.2, 0) is 0 Å². The highest BCUT2D eigenvalue weighted by Crippen LogP contribution is 1.93. The van der Waals surface area contributed by atoms with Crippen LogP contribution in [0, 0.1) is 10.8 Å². The highest BCUT2D eigenvalue weighted by Gasteiger charge is 2.12. The molecule has 0 saturated heterocycles. The van der Waals surface area contributed by atoms with Crippen molar-refractivity contribution < 1.29 is 4.79 Å². The lowest BCUT2D eigenvalue weighted by molar-refractivity contribution is 0.201. The van der Waals surface area contributed by atoms with E-state index in [1.807, 2.05) is 13.8 Å². The molecule has 6 heteroatoms. The van der Waals surface area contributed by atoms with Crippen LogP contribution < -0.4 is 5.32 Å². The van der Waals surface area contributed by atoms with Gasteiger partial charge in [-0.15, -0.1) is 16.5 Å². The normalized spacial score (nSPS) is 9.85. The number of nitrogens with one attached hydrogen (secondary N) is 1. The van der Waals surface area contributed by atoms with E-state index < -0.39 is 6.03 Å². The van der Waals surface area contributed by atoms with Gasteiger partial charge in [0.25, 0.3) is 0 Å². The van der Waals surface area contributed by atoms with Gasteiger partial charge in [-0.1, -0.05) is 13.8 Å². The summed E-state index contributed by atoms with van der Waals surface area (Å²) in [4.78, 5) is 21.3. The summed E-state index contributed by atoms with van der Waals surface area (Å²) in [7, 11) is 0. The van der Waals surface area contributed by atoms with Gasteiger partial charge >= 0.3 is 6.03 Å². The molecule has 76 valence electrons. The number of alkyl halides is 1. The lowest BCUT2D eigenvalue weighted by Crippen LogP contribution is -2.38. The number of hydrogen-bond acceptors (Lipinski definition) is 3. The van der Waals surface area contributed by atoms with Crippen LogP contribution in [0.15, 0.2) is 5.29 Å². The smallest absolute Gasteiger partial charge is 0.336 e. The third-order valence-corrected chi connectivity index (χ3v) is 1.46. The molecule has 0 aromatic rings. The lowest BCUT2D eigenvalue weighted by Gasteiger charge is -2.13. The molecule has 0 aliphatic heterocycles. The minimum Gasteiger partial charge on any atom is -0.336 e.